The number of hydrogen-bond donors (Lipinski definition) is 2. The molecule has 0 saturated heterocycles. The van der Waals surface area contributed by atoms with Crippen molar-refractivity contribution in [2.24, 2.45) is 5.73 Å². The first-order valence-corrected chi connectivity index (χ1v) is 4.45. The highest BCUT2D eigenvalue weighted by atomic mass is 19.4. The van der Waals surface area contributed by atoms with Crippen molar-refractivity contribution < 1.29 is 22.7 Å². The van der Waals surface area contributed by atoms with E-state index in [1.807, 2.05) is 0 Å². The van der Waals surface area contributed by atoms with Crippen LogP contribution in [0.1, 0.15) is 18.1 Å². The van der Waals surface area contributed by atoms with Crippen molar-refractivity contribution in [3.8, 4) is 0 Å². The summed E-state index contributed by atoms with van der Waals surface area (Å²) in [5.74, 6) is -1.08. The number of aliphatic hydroxyl groups is 1. The Morgan fingerprint density at radius 1 is 1.31 bits per heavy atom. The zero-order chi connectivity index (χ0) is 12.6. The Labute approximate surface area is 89.7 Å². The summed E-state index contributed by atoms with van der Waals surface area (Å²) in [5.41, 5.74) is 2.90. The van der Waals surface area contributed by atoms with E-state index < -0.39 is 29.7 Å². The van der Waals surface area contributed by atoms with E-state index in [2.05, 4.69) is 0 Å². The Kier molecular flexibility index (Phi) is 3.25. The lowest BCUT2D eigenvalue weighted by atomic mass is 9.93. The van der Waals surface area contributed by atoms with Gasteiger partial charge in [0.2, 0.25) is 0 Å². The topological polar surface area (TPSA) is 46.2 Å². The van der Waals surface area contributed by atoms with Gasteiger partial charge in [0.1, 0.15) is 5.82 Å². The third-order valence-electron chi connectivity index (χ3n) is 2.24. The Morgan fingerprint density at radius 2 is 1.88 bits per heavy atom. The molecule has 0 aromatic heterocycles. The van der Waals surface area contributed by atoms with Crippen LogP contribution in [-0.4, -0.2) is 11.7 Å². The van der Waals surface area contributed by atoms with Gasteiger partial charge in [-0.05, 0) is 19.1 Å². The van der Waals surface area contributed by atoms with Gasteiger partial charge in [0.05, 0.1) is 17.7 Å². The second-order valence-electron chi connectivity index (χ2n) is 3.77. The fourth-order valence-electron chi connectivity index (χ4n) is 1.24. The first-order chi connectivity index (χ1) is 7.18. The molecule has 0 radical (unpaired) electrons. The molecule has 0 spiro atoms. The number of aliphatic hydroxyl groups excluding tert-OH is 1. The highest BCUT2D eigenvalue weighted by Gasteiger charge is 2.33. The summed E-state index contributed by atoms with van der Waals surface area (Å²) in [5, 5.41) is 8.89. The van der Waals surface area contributed by atoms with Crippen molar-refractivity contribution in [3.63, 3.8) is 0 Å². The van der Waals surface area contributed by atoms with Gasteiger partial charge in [-0.25, -0.2) is 4.39 Å². The minimum Gasteiger partial charge on any atom is -0.394 e. The number of hydrogen-bond acceptors (Lipinski definition) is 2. The normalized spacial score (nSPS) is 15.9. The van der Waals surface area contributed by atoms with Crippen LogP contribution in [0.2, 0.25) is 0 Å². The van der Waals surface area contributed by atoms with Crippen LogP contribution in [-0.2, 0) is 11.7 Å². The maximum absolute atomic E-state index is 13.4. The van der Waals surface area contributed by atoms with Crippen LogP contribution in [0.25, 0.3) is 0 Å². The van der Waals surface area contributed by atoms with Gasteiger partial charge in [0.15, 0.2) is 0 Å². The molecule has 0 bridgehead atoms. The zero-order valence-electron chi connectivity index (χ0n) is 8.48. The fourth-order valence-corrected chi connectivity index (χ4v) is 1.24. The summed E-state index contributed by atoms with van der Waals surface area (Å²) in [6.45, 7) is 0.772. The molecule has 1 aromatic rings. The van der Waals surface area contributed by atoms with E-state index in [-0.39, 0.29) is 5.56 Å². The fraction of sp³-hybridized carbons (Fsp3) is 0.400. The van der Waals surface area contributed by atoms with Crippen molar-refractivity contribution in [2.45, 2.75) is 18.6 Å². The van der Waals surface area contributed by atoms with Gasteiger partial charge in [-0.2, -0.15) is 13.2 Å². The van der Waals surface area contributed by atoms with Crippen molar-refractivity contribution >= 4 is 0 Å². The first kappa shape index (κ1) is 12.9. The molecule has 16 heavy (non-hydrogen) atoms. The third-order valence-corrected chi connectivity index (χ3v) is 2.24. The lowest BCUT2D eigenvalue weighted by molar-refractivity contribution is -0.137. The summed E-state index contributed by atoms with van der Waals surface area (Å²) in [6, 6.07) is 2.05. The Morgan fingerprint density at radius 3 is 2.25 bits per heavy atom. The SMILES string of the molecule is CC(N)(CO)c1ccc(C(F)(F)F)cc1F. The first-order valence-electron chi connectivity index (χ1n) is 4.45. The van der Waals surface area contributed by atoms with Crippen LogP contribution in [0.4, 0.5) is 17.6 Å². The molecule has 2 nitrogen and oxygen atoms in total. The molecule has 0 fully saturated rings. The number of rotatable bonds is 2. The largest absolute Gasteiger partial charge is 0.416 e. The average molecular weight is 237 g/mol. The molecule has 90 valence electrons. The highest BCUT2D eigenvalue weighted by Crippen LogP contribution is 2.31. The maximum Gasteiger partial charge on any atom is 0.416 e. The van der Waals surface area contributed by atoms with Crippen molar-refractivity contribution in [1.82, 2.24) is 0 Å². The molecule has 3 N–H and O–H groups in total. The van der Waals surface area contributed by atoms with E-state index in [4.69, 9.17) is 10.8 Å². The molecule has 1 unspecified atom stereocenters. The molecule has 0 heterocycles. The number of halogens is 4. The smallest absolute Gasteiger partial charge is 0.394 e. The molecule has 0 amide bonds. The lowest BCUT2D eigenvalue weighted by Crippen LogP contribution is -2.38. The molecule has 1 atom stereocenters. The minimum atomic E-state index is -4.59. The van der Waals surface area contributed by atoms with Crippen molar-refractivity contribution in [1.29, 1.82) is 0 Å². The van der Waals surface area contributed by atoms with Gasteiger partial charge in [0, 0.05) is 5.56 Å². The summed E-state index contributed by atoms with van der Waals surface area (Å²) < 4.78 is 50.1. The van der Waals surface area contributed by atoms with Crippen LogP contribution in [0.3, 0.4) is 0 Å². The van der Waals surface area contributed by atoms with E-state index in [0.717, 1.165) is 12.1 Å². The molecule has 1 rings (SSSR count). The third kappa shape index (κ3) is 2.51. The van der Waals surface area contributed by atoms with E-state index in [1.54, 1.807) is 0 Å². The predicted molar refractivity (Wildman–Crippen MR) is 50.0 cm³/mol. The number of nitrogens with two attached hydrogens (primary N) is 1. The van der Waals surface area contributed by atoms with Gasteiger partial charge in [-0.1, -0.05) is 6.07 Å². The molecular weight excluding hydrogens is 226 g/mol. The van der Waals surface area contributed by atoms with Gasteiger partial charge < -0.3 is 10.8 Å². The second-order valence-corrected chi connectivity index (χ2v) is 3.77. The quantitative estimate of drug-likeness (QED) is 0.773. The molecular formula is C10H11F4NO. The van der Waals surface area contributed by atoms with Gasteiger partial charge in [-0.15, -0.1) is 0 Å². The standard InChI is InChI=1S/C10H11F4NO/c1-9(15,5-16)7-3-2-6(4-8(7)11)10(12,13)14/h2-4,16H,5,15H2,1H3. The maximum atomic E-state index is 13.4. The monoisotopic (exact) mass is 237 g/mol. The van der Waals surface area contributed by atoms with Gasteiger partial charge in [0.25, 0.3) is 0 Å². The Bertz CT molecular complexity index is 387. The van der Waals surface area contributed by atoms with Crippen LogP contribution >= 0.6 is 0 Å². The minimum absolute atomic E-state index is 0.150. The van der Waals surface area contributed by atoms with E-state index >= 15 is 0 Å². The average Bonchev–Trinajstić information content (AvgIpc) is 2.16. The molecule has 6 heteroatoms. The lowest BCUT2D eigenvalue weighted by Gasteiger charge is -2.23. The summed E-state index contributed by atoms with van der Waals surface area (Å²) in [7, 11) is 0. The molecule has 0 aliphatic carbocycles. The number of alkyl halides is 3. The van der Waals surface area contributed by atoms with Crippen LogP contribution in [0.15, 0.2) is 18.2 Å². The van der Waals surface area contributed by atoms with Crippen LogP contribution < -0.4 is 5.73 Å². The van der Waals surface area contributed by atoms with E-state index in [0.29, 0.717) is 6.07 Å². The zero-order valence-corrected chi connectivity index (χ0v) is 8.48. The molecule has 0 aliphatic rings. The molecule has 1 aromatic carbocycles. The summed E-state index contributed by atoms with van der Waals surface area (Å²) in [6.07, 6.45) is -4.59. The van der Waals surface area contributed by atoms with E-state index in [9.17, 15) is 17.6 Å². The summed E-state index contributed by atoms with van der Waals surface area (Å²) >= 11 is 0. The predicted octanol–water partition coefficient (Wildman–Crippen LogP) is 2.01. The van der Waals surface area contributed by atoms with Crippen molar-refractivity contribution in [3.05, 3.63) is 35.1 Å². The Hall–Kier alpha value is -1.14. The second kappa shape index (κ2) is 4.03. The Balaban J connectivity index is 3.20. The van der Waals surface area contributed by atoms with Gasteiger partial charge >= 0.3 is 6.18 Å². The summed E-state index contributed by atoms with van der Waals surface area (Å²) in [4.78, 5) is 0. The number of benzene rings is 1. The van der Waals surface area contributed by atoms with Crippen LogP contribution in [0.5, 0.6) is 0 Å². The van der Waals surface area contributed by atoms with Crippen molar-refractivity contribution in [2.75, 3.05) is 6.61 Å². The van der Waals surface area contributed by atoms with Crippen LogP contribution in [0, 0.1) is 5.82 Å². The molecule has 0 saturated carbocycles. The van der Waals surface area contributed by atoms with E-state index in [1.165, 1.54) is 6.92 Å². The van der Waals surface area contributed by atoms with Gasteiger partial charge in [-0.3, -0.25) is 0 Å². The highest BCUT2D eigenvalue weighted by molar-refractivity contribution is 5.31. The molecule has 0 aliphatic heterocycles.